The van der Waals surface area contributed by atoms with Crippen LogP contribution in [0.4, 0.5) is 5.82 Å². The lowest BCUT2D eigenvalue weighted by Crippen LogP contribution is -2.31. The van der Waals surface area contributed by atoms with Crippen LogP contribution in [-0.4, -0.2) is 46.2 Å². The zero-order chi connectivity index (χ0) is 20.6. The van der Waals surface area contributed by atoms with Gasteiger partial charge in [0, 0.05) is 13.1 Å². The molecule has 7 heteroatoms. The SMILES string of the molecule is CCN(CC)C(=O)c1cnn(-c2ccccc2)c1NC(=O)COc1ccccc1. The molecule has 2 amide bonds. The number of rotatable bonds is 8. The first-order valence-corrected chi connectivity index (χ1v) is 9.54. The van der Waals surface area contributed by atoms with Crippen LogP contribution in [0.3, 0.4) is 0 Å². The number of anilines is 1. The lowest BCUT2D eigenvalue weighted by atomic mass is 10.2. The third kappa shape index (κ3) is 4.82. The molecule has 150 valence electrons. The van der Waals surface area contributed by atoms with Crippen LogP contribution in [0, 0.1) is 0 Å². The molecule has 1 heterocycles. The molecule has 1 N–H and O–H groups in total. The second-order valence-corrected chi connectivity index (χ2v) is 6.28. The van der Waals surface area contributed by atoms with Crippen LogP contribution in [0.5, 0.6) is 5.75 Å². The van der Waals surface area contributed by atoms with Gasteiger partial charge in [-0.25, -0.2) is 4.68 Å². The molecular weight excluding hydrogens is 368 g/mol. The monoisotopic (exact) mass is 392 g/mol. The van der Waals surface area contributed by atoms with Gasteiger partial charge in [-0.15, -0.1) is 0 Å². The highest BCUT2D eigenvalue weighted by Gasteiger charge is 2.23. The number of nitrogens with one attached hydrogen (secondary N) is 1. The summed E-state index contributed by atoms with van der Waals surface area (Å²) in [5.74, 6) is 0.366. The summed E-state index contributed by atoms with van der Waals surface area (Å²) in [6.45, 7) is 4.78. The minimum atomic E-state index is -0.375. The average molecular weight is 392 g/mol. The van der Waals surface area contributed by atoms with E-state index in [1.54, 1.807) is 21.7 Å². The van der Waals surface area contributed by atoms with Crippen LogP contribution in [-0.2, 0) is 4.79 Å². The van der Waals surface area contributed by atoms with E-state index in [9.17, 15) is 9.59 Å². The maximum Gasteiger partial charge on any atom is 0.263 e. The summed E-state index contributed by atoms with van der Waals surface area (Å²) in [6, 6.07) is 18.4. The number of carbonyl (C=O) groups excluding carboxylic acids is 2. The molecule has 0 atom stereocenters. The highest BCUT2D eigenvalue weighted by Crippen LogP contribution is 2.22. The molecule has 0 bridgehead atoms. The van der Waals surface area contributed by atoms with Crippen LogP contribution in [0.25, 0.3) is 5.69 Å². The van der Waals surface area contributed by atoms with Gasteiger partial charge in [0.15, 0.2) is 6.61 Å². The van der Waals surface area contributed by atoms with Crippen molar-refractivity contribution >= 4 is 17.6 Å². The first-order valence-electron chi connectivity index (χ1n) is 9.54. The molecule has 3 aromatic rings. The van der Waals surface area contributed by atoms with E-state index in [2.05, 4.69) is 10.4 Å². The summed E-state index contributed by atoms with van der Waals surface area (Å²) in [7, 11) is 0. The van der Waals surface area contributed by atoms with E-state index in [1.165, 1.54) is 6.20 Å². The normalized spacial score (nSPS) is 10.4. The van der Waals surface area contributed by atoms with E-state index in [0.29, 0.717) is 30.2 Å². The number of carbonyl (C=O) groups is 2. The Kier molecular flexibility index (Phi) is 6.63. The van der Waals surface area contributed by atoms with Gasteiger partial charge in [0.05, 0.1) is 11.9 Å². The lowest BCUT2D eigenvalue weighted by Gasteiger charge is -2.19. The van der Waals surface area contributed by atoms with E-state index in [4.69, 9.17) is 4.74 Å². The fraction of sp³-hybridized carbons (Fsp3) is 0.227. The highest BCUT2D eigenvalue weighted by molar-refractivity contribution is 6.03. The summed E-state index contributed by atoms with van der Waals surface area (Å²) in [5.41, 5.74) is 1.08. The number of benzene rings is 2. The van der Waals surface area contributed by atoms with E-state index in [-0.39, 0.29) is 18.4 Å². The molecule has 0 radical (unpaired) electrons. The van der Waals surface area contributed by atoms with Gasteiger partial charge in [0.2, 0.25) is 0 Å². The molecular formula is C22H24N4O3. The van der Waals surface area contributed by atoms with Crippen molar-refractivity contribution in [2.24, 2.45) is 0 Å². The maximum absolute atomic E-state index is 12.9. The molecule has 0 saturated heterocycles. The average Bonchev–Trinajstić information content (AvgIpc) is 3.17. The minimum absolute atomic E-state index is 0.178. The zero-order valence-corrected chi connectivity index (χ0v) is 16.5. The van der Waals surface area contributed by atoms with Crippen LogP contribution >= 0.6 is 0 Å². The van der Waals surface area contributed by atoms with Gasteiger partial charge in [-0.2, -0.15) is 5.10 Å². The lowest BCUT2D eigenvalue weighted by molar-refractivity contribution is -0.118. The van der Waals surface area contributed by atoms with Gasteiger partial charge in [0.1, 0.15) is 17.1 Å². The number of amides is 2. The molecule has 7 nitrogen and oxygen atoms in total. The van der Waals surface area contributed by atoms with E-state index < -0.39 is 0 Å². The Balaban J connectivity index is 1.86. The molecule has 0 aliphatic carbocycles. The molecule has 0 aliphatic heterocycles. The molecule has 0 spiro atoms. The summed E-state index contributed by atoms with van der Waals surface area (Å²) < 4.78 is 7.07. The van der Waals surface area contributed by atoms with Crippen LogP contribution in [0.2, 0.25) is 0 Å². The number of ether oxygens (including phenoxy) is 1. The third-order valence-electron chi connectivity index (χ3n) is 4.42. The minimum Gasteiger partial charge on any atom is -0.484 e. The smallest absolute Gasteiger partial charge is 0.263 e. The molecule has 0 unspecified atom stereocenters. The Bertz CT molecular complexity index is 951. The van der Waals surface area contributed by atoms with Crippen molar-refractivity contribution in [1.29, 1.82) is 0 Å². The molecule has 0 aliphatic rings. The standard InChI is InChI=1S/C22H24N4O3/c1-3-25(4-2)22(28)19-15-23-26(17-11-7-5-8-12-17)21(19)24-20(27)16-29-18-13-9-6-10-14-18/h5-15H,3-4,16H2,1-2H3,(H,24,27). The van der Waals surface area contributed by atoms with Crippen LogP contribution in [0.15, 0.2) is 66.9 Å². The Morgan fingerprint density at radius 1 is 1.00 bits per heavy atom. The van der Waals surface area contributed by atoms with Crippen molar-refractivity contribution in [2.45, 2.75) is 13.8 Å². The number of aromatic nitrogens is 2. The second kappa shape index (κ2) is 9.54. The van der Waals surface area contributed by atoms with Crippen molar-refractivity contribution in [3.63, 3.8) is 0 Å². The Hall–Kier alpha value is -3.61. The largest absolute Gasteiger partial charge is 0.484 e. The van der Waals surface area contributed by atoms with E-state index in [1.807, 2.05) is 62.4 Å². The molecule has 0 saturated carbocycles. The summed E-state index contributed by atoms with van der Waals surface area (Å²) in [5, 5.41) is 7.14. The Morgan fingerprint density at radius 3 is 2.24 bits per heavy atom. The van der Waals surface area contributed by atoms with Crippen molar-refractivity contribution in [3.05, 3.63) is 72.4 Å². The summed E-state index contributed by atoms with van der Waals surface area (Å²) in [4.78, 5) is 27.2. The predicted molar refractivity (Wildman–Crippen MR) is 111 cm³/mol. The van der Waals surface area contributed by atoms with E-state index in [0.717, 1.165) is 5.69 Å². The van der Waals surface area contributed by atoms with E-state index >= 15 is 0 Å². The molecule has 1 aromatic heterocycles. The third-order valence-corrected chi connectivity index (χ3v) is 4.42. The quantitative estimate of drug-likeness (QED) is 0.638. The zero-order valence-electron chi connectivity index (χ0n) is 16.5. The molecule has 29 heavy (non-hydrogen) atoms. The van der Waals surface area contributed by atoms with Gasteiger partial charge in [-0.05, 0) is 38.1 Å². The molecule has 0 fully saturated rings. The van der Waals surface area contributed by atoms with Crippen molar-refractivity contribution in [1.82, 2.24) is 14.7 Å². The maximum atomic E-state index is 12.9. The number of hydrogen-bond acceptors (Lipinski definition) is 4. The van der Waals surface area contributed by atoms with Gasteiger partial charge < -0.3 is 15.0 Å². The Labute approximate surface area is 169 Å². The van der Waals surface area contributed by atoms with Crippen LogP contribution < -0.4 is 10.1 Å². The topological polar surface area (TPSA) is 76.5 Å². The van der Waals surface area contributed by atoms with Gasteiger partial charge >= 0.3 is 0 Å². The first-order chi connectivity index (χ1) is 14.1. The number of hydrogen-bond donors (Lipinski definition) is 1. The van der Waals surface area contributed by atoms with Crippen LogP contribution in [0.1, 0.15) is 24.2 Å². The molecule has 3 rings (SSSR count). The first kappa shape index (κ1) is 20.1. The van der Waals surface area contributed by atoms with Crippen molar-refractivity contribution < 1.29 is 14.3 Å². The van der Waals surface area contributed by atoms with Crippen molar-refractivity contribution in [3.8, 4) is 11.4 Å². The number of nitrogens with zero attached hydrogens (tertiary/aromatic N) is 3. The molecule has 2 aromatic carbocycles. The summed E-state index contributed by atoms with van der Waals surface area (Å²) >= 11 is 0. The van der Waals surface area contributed by atoms with Gasteiger partial charge in [0.25, 0.3) is 11.8 Å². The Morgan fingerprint density at radius 2 is 1.62 bits per heavy atom. The van der Waals surface area contributed by atoms with Gasteiger partial charge in [-0.1, -0.05) is 36.4 Å². The highest BCUT2D eigenvalue weighted by atomic mass is 16.5. The fourth-order valence-electron chi connectivity index (χ4n) is 2.91. The second-order valence-electron chi connectivity index (χ2n) is 6.28. The fourth-order valence-corrected chi connectivity index (χ4v) is 2.91. The van der Waals surface area contributed by atoms with Crippen molar-refractivity contribution in [2.75, 3.05) is 25.0 Å². The van der Waals surface area contributed by atoms with Gasteiger partial charge in [-0.3, -0.25) is 9.59 Å². The predicted octanol–water partition coefficient (Wildman–Crippen LogP) is 3.37. The summed E-state index contributed by atoms with van der Waals surface area (Å²) in [6.07, 6.45) is 1.49. The number of para-hydroxylation sites is 2.